The third-order valence-corrected chi connectivity index (χ3v) is 6.20. The Morgan fingerprint density at radius 2 is 1.82 bits per heavy atom. The molecule has 0 saturated carbocycles. The van der Waals surface area contributed by atoms with E-state index in [4.69, 9.17) is 21.1 Å². The summed E-state index contributed by atoms with van der Waals surface area (Å²) >= 11 is 6.05. The SMILES string of the molecule is COc1ccc(C(O)=C2C(=O)C(=O)N(CCN3CCOCC3)[C@H]2c2ccc(Cl)cc2)c(O)c1. The number of morpholine rings is 1. The number of methoxy groups -OCH3 is 1. The minimum Gasteiger partial charge on any atom is -0.507 e. The highest BCUT2D eigenvalue weighted by Gasteiger charge is 2.46. The molecule has 2 aromatic rings. The maximum Gasteiger partial charge on any atom is 0.295 e. The highest BCUT2D eigenvalue weighted by Crippen LogP contribution is 2.41. The number of aliphatic hydroxyl groups excluding tert-OH is 1. The second-order valence-corrected chi connectivity index (χ2v) is 8.32. The monoisotopic (exact) mass is 472 g/mol. The maximum atomic E-state index is 13.1. The average molecular weight is 473 g/mol. The summed E-state index contributed by atoms with van der Waals surface area (Å²) in [5.74, 6) is -1.81. The van der Waals surface area contributed by atoms with E-state index >= 15 is 0 Å². The van der Waals surface area contributed by atoms with Gasteiger partial charge in [-0.25, -0.2) is 0 Å². The first-order chi connectivity index (χ1) is 15.9. The Labute approximate surface area is 196 Å². The van der Waals surface area contributed by atoms with Crippen LogP contribution in [-0.4, -0.2) is 78.2 Å². The highest BCUT2D eigenvalue weighted by molar-refractivity contribution is 6.46. The molecule has 0 radical (unpaired) electrons. The lowest BCUT2D eigenvalue weighted by Crippen LogP contribution is -2.42. The number of aliphatic hydroxyl groups is 1. The van der Waals surface area contributed by atoms with E-state index in [1.807, 2.05) is 0 Å². The number of hydrogen-bond donors (Lipinski definition) is 2. The number of halogens is 1. The summed E-state index contributed by atoms with van der Waals surface area (Å²) in [6.45, 7) is 3.59. The van der Waals surface area contributed by atoms with Gasteiger partial charge < -0.3 is 24.6 Å². The number of amides is 1. The molecule has 0 bridgehead atoms. The van der Waals surface area contributed by atoms with Gasteiger partial charge in [-0.3, -0.25) is 14.5 Å². The first kappa shape index (κ1) is 23.1. The highest BCUT2D eigenvalue weighted by atomic mass is 35.5. The second kappa shape index (κ2) is 9.82. The zero-order chi connectivity index (χ0) is 23.5. The van der Waals surface area contributed by atoms with Crippen LogP contribution in [0.2, 0.25) is 5.02 Å². The van der Waals surface area contributed by atoms with Gasteiger partial charge in [-0.1, -0.05) is 23.7 Å². The van der Waals surface area contributed by atoms with Crippen LogP contribution in [0.5, 0.6) is 11.5 Å². The third kappa shape index (κ3) is 4.68. The molecule has 174 valence electrons. The van der Waals surface area contributed by atoms with Gasteiger partial charge in [-0.15, -0.1) is 0 Å². The fraction of sp³-hybridized carbons (Fsp3) is 0.333. The lowest BCUT2D eigenvalue weighted by atomic mass is 9.95. The number of phenols is 1. The van der Waals surface area contributed by atoms with Gasteiger partial charge in [0.1, 0.15) is 17.3 Å². The summed E-state index contributed by atoms with van der Waals surface area (Å²) < 4.78 is 10.5. The zero-order valence-corrected chi connectivity index (χ0v) is 18.9. The van der Waals surface area contributed by atoms with Crippen molar-refractivity contribution in [2.24, 2.45) is 0 Å². The van der Waals surface area contributed by atoms with Crippen LogP contribution >= 0.6 is 11.6 Å². The summed E-state index contributed by atoms with van der Waals surface area (Å²) in [7, 11) is 1.45. The van der Waals surface area contributed by atoms with Crippen LogP contribution in [0, 0.1) is 0 Å². The van der Waals surface area contributed by atoms with Crippen molar-refractivity contribution in [1.82, 2.24) is 9.80 Å². The predicted octanol–water partition coefficient (Wildman–Crippen LogP) is 2.81. The molecule has 0 aromatic heterocycles. The Hall–Kier alpha value is -3.07. The van der Waals surface area contributed by atoms with E-state index in [2.05, 4.69) is 4.90 Å². The van der Waals surface area contributed by atoms with Gasteiger partial charge in [0.15, 0.2) is 0 Å². The molecule has 8 nitrogen and oxygen atoms in total. The van der Waals surface area contributed by atoms with Crippen molar-refractivity contribution >= 4 is 29.1 Å². The topological polar surface area (TPSA) is 99.5 Å². The Bertz CT molecular complexity index is 1080. The first-order valence-electron chi connectivity index (χ1n) is 10.6. The van der Waals surface area contributed by atoms with Crippen LogP contribution in [0.1, 0.15) is 17.2 Å². The number of Topliss-reactive ketones (excluding diaryl/α,β-unsaturated/α-hetero) is 1. The molecule has 2 aliphatic rings. The molecular weight excluding hydrogens is 448 g/mol. The van der Waals surface area contributed by atoms with E-state index in [0.717, 1.165) is 13.1 Å². The zero-order valence-electron chi connectivity index (χ0n) is 18.2. The quantitative estimate of drug-likeness (QED) is 0.379. The van der Waals surface area contributed by atoms with Gasteiger partial charge in [0.25, 0.3) is 11.7 Å². The summed E-state index contributed by atoms with van der Waals surface area (Å²) in [4.78, 5) is 29.8. The lowest BCUT2D eigenvalue weighted by Gasteiger charge is -2.31. The summed E-state index contributed by atoms with van der Waals surface area (Å²) in [5, 5.41) is 22.0. The number of phenolic OH excluding ortho intramolecular Hbond substituents is 1. The van der Waals surface area contributed by atoms with E-state index < -0.39 is 23.5 Å². The van der Waals surface area contributed by atoms with Crippen LogP contribution in [0.15, 0.2) is 48.0 Å². The van der Waals surface area contributed by atoms with Gasteiger partial charge in [0.05, 0.1) is 37.5 Å². The Morgan fingerprint density at radius 1 is 1.12 bits per heavy atom. The summed E-state index contributed by atoms with van der Waals surface area (Å²) in [6, 6.07) is 10.3. The number of carbonyl (C=O) groups is 2. The first-order valence-corrected chi connectivity index (χ1v) is 11.0. The van der Waals surface area contributed by atoms with Crippen LogP contribution in [0.25, 0.3) is 5.76 Å². The minimum atomic E-state index is -0.815. The molecule has 0 spiro atoms. The number of rotatable bonds is 6. The molecule has 9 heteroatoms. The Kier molecular flexibility index (Phi) is 6.88. The van der Waals surface area contributed by atoms with E-state index in [-0.39, 0.29) is 16.9 Å². The van der Waals surface area contributed by atoms with Crippen molar-refractivity contribution in [3.05, 3.63) is 64.2 Å². The average Bonchev–Trinajstić information content (AvgIpc) is 3.08. The van der Waals surface area contributed by atoms with Gasteiger partial charge in [0.2, 0.25) is 0 Å². The normalized spacial score (nSPS) is 20.9. The number of benzene rings is 2. The number of hydrogen-bond acceptors (Lipinski definition) is 7. The number of ether oxygens (including phenoxy) is 2. The third-order valence-electron chi connectivity index (χ3n) is 5.95. The van der Waals surface area contributed by atoms with Gasteiger partial charge in [-0.2, -0.15) is 0 Å². The van der Waals surface area contributed by atoms with Crippen LogP contribution in [0.4, 0.5) is 0 Å². The molecule has 2 aromatic carbocycles. The molecule has 2 heterocycles. The van der Waals surface area contributed by atoms with Crippen molar-refractivity contribution in [3.8, 4) is 11.5 Å². The van der Waals surface area contributed by atoms with Crippen molar-refractivity contribution in [2.45, 2.75) is 6.04 Å². The fourth-order valence-corrected chi connectivity index (χ4v) is 4.29. The Balaban J connectivity index is 1.75. The number of nitrogens with zero attached hydrogens (tertiary/aromatic N) is 2. The largest absolute Gasteiger partial charge is 0.507 e. The molecule has 2 saturated heterocycles. The maximum absolute atomic E-state index is 13.1. The molecule has 1 atom stereocenters. The number of likely N-dealkylation sites (tertiary alicyclic amines) is 1. The molecule has 2 fully saturated rings. The predicted molar refractivity (Wildman–Crippen MR) is 122 cm³/mol. The Morgan fingerprint density at radius 3 is 2.45 bits per heavy atom. The molecule has 1 amide bonds. The molecule has 2 N–H and O–H groups in total. The standard InChI is InChI=1S/C24H25ClN2O6/c1-32-17-6-7-18(19(28)14-17)22(29)20-21(15-2-4-16(25)5-3-15)27(24(31)23(20)30)9-8-26-10-12-33-13-11-26/h2-7,14,21,28-29H,8-13H2,1H3/t21-/m0/s1. The number of ketones is 1. The van der Waals surface area contributed by atoms with Crippen LogP contribution in [0.3, 0.4) is 0 Å². The summed E-state index contributed by atoms with van der Waals surface area (Å²) in [6.07, 6.45) is 0. The van der Waals surface area contributed by atoms with Crippen LogP contribution < -0.4 is 4.74 Å². The molecule has 0 aliphatic carbocycles. The van der Waals surface area contributed by atoms with Gasteiger partial charge in [-0.05, 0) is 29.8 Å². The van der Waals surface area contributed by atoms with E-state index in [1.54, 1.807) is 30.3 Å². The molecule has 2 aliphatic heterocycles. The fourth-order valence-electron chi connectivity index (χ4n) is 4.16. The van der Waals surface area contributed by atoms with Crippen molar-refractivity contribution in [2.75, 3.05) is 46.5 Å². The smallest absolute Gasteiger partial charge is 0.295 e. The van der Waals surface area contributed by atoms with Gasteiger partial charge in [0, 0.05) is 37.3 Å². The van der Waals surface area contributed by atoms with Crippen LogP contribution in [-0.2, 0) is 14.3 Å². The molecule has 33 heavy (non-hydrogen) atoms. The lowest BCUT2D eigenvalue weighted by molar-refractivity contribution is -0.140. The molecular formula is C24H25ClN2O6. The van der Waals surface area contributed by atoms with Gasteiger partial charge >= 0.3 is 0 Å². The van der Waals surface area contributed by atoms with E-state index in [1.165, 1.54) is 24.1 Å². The van der Waals surface area contributed by atoms with E-state index in [0.29, 0.717) is 42.6 Å². The summed E-state index contributed by atoms with van der Waals surface area (Å²) in [5.41, 5.74) is 0.598. The molecule has 4 rings (SSSR count). The number of aromatic hydroxyl groups is 1. The minimum absolute atomic E-state index is 0.0425. The van der Waals surface area contributed by atoms with Crippen molar-refractivity contribution in [3.63, 3.8) is 0 Å². The number of carbonyl (C=O) groups excluding carboxylic acids is 2. The molecule has 0 unspecified atom stereocenters. The van der Waals surface area contributed by atoms with E-state index in [9.17, 15) is 19.8 Å². The van der Waals surface area contributed by atoms with Crippen molar-refractivity contribution < 1.29 is 29.3 Å². The second-order valence-electron chi connectivity index (χ2n) is 7.88. The van der Waals surface area contributed by atoms with Crippen molar-refractivity contribution in [1.29, 1.82) is 0 Å².